The van der Waals surface area contributed by atoms with E-state index in [9.17, 15) is 18.8 Å². The monoisotopic (exact) mass is 492 g/mol. The fourth-order valence-electron chi connectivity index (χ4n) is 4.37. The Kier molecular flexibility index (Phi) is 7.31. The van der Waals surface area contributed by atoms with Crippen LogP contribution in [-0.4, -0.2) is 60.2 Å². The molecule has 0 bridgehead atoms. The molecule has 3 N–H and O–H groups in total. The molecule has 0 saturated carbocycles. The first kappa shape index (κ1) is 23.7. The minimum absolute atomic E-state index is 0.102. The van der Waals surface area contributed by atoms with Gasteiger partial charge >= 0.3 is 0 Å². The molecular weight excluding hydrogens is 467 g/mol. The summed E-state index contributed by atoms with van der Waals surface area (Å²) in [6.07, 6.45) is 4.13. The lowest BCUT2D eigenvalue weighted by molar-refractivity contribution is -0.116. The van der Waals surface area contributed by atoms with E-state index >= 15 is 0 Å². The number of thiophene rings is 1. The zero-order valence-corrected chi connectivity index (χ0v) is 19.7. The maximum absolute atomic E-state index is 13.2. The van der Waals surface area contributed by atoms with Gasteiger partial charge in [-0.1, -0.05) is 11.6 Å². The fourth-order valence-corrected chi connectivity index (χ4v) is 5.93. The van der Waals surface area contributed by atoms with Crippen LogP contribution >= 0.6 is 22.9 Å². The summed E-state index contributed by atoms with van der Waals surface area (Å²) in [7, 11) is 0. The number of hydrogen-bond acceptors (Lipinski definition) is 5. The van der Waals surface area contributed by atoms with Crippen molar-refractivity contribution >= 4 is 45.7 Å². The Morgan fingerprint density at radius 2 is 1.85 bits per heavy atom. The molecule has 0 unspecified atom stereocenters. The average Bonchev–Trinajstić information content (AvgIpc) is 3.15. The summed E-state index contributed by atoms with van der Waals surface area (Å²) < 4.78 is 13.2. The van der Waals surface area contributed by atoms with Crippen LogP contribution < -0.4 is 11.1 Å². The SMILES string of the molecule is NC(=O)c1c(NC(=O)CCN2CCN(C(=O)c3ccc(F)cc3Cl)CC2)sc2c1CCCC2. The summed E-state index contributed by atoms with van der Waals surface area (Å²) in [4.78, 5) is 42.2. The number of carbonyl (C=O) groups is 3. The van der Waals surface area contributed by atoms with Gasteiger partial charge in [-0.3, -0.25) is 19.3 Å². The standard InChI is InChI=1S/C23H26ClFN4O3S/c24-17-13-14(25)5-6-15(17)23(32)29-11-9-28(10-12-29)8-7-19(30)27-22-20(21(26)31)16-3-1-2-4-18(16)33-22/h5-6,13H,1-4,7-12H2,(H2,26,31)(H,27,30). The minimum Gasteiger partial charge on any atom is -0.365 e. The van der Waals surface area contributed by atoms with Gasteiger partial charge in [-0.05, 0) is 49.4 Å². The van der Waals surface area contributed by atoms with Crippen LogP contribution in [0.4, 0.5) is 9.39 Å². The van der Waals surface area contributed by atoms with Crippen LogP contribution in [0.3, 0.4) is 0 Å². The smallest absolute Gasteiger partial charge is 0.255 e. The van der Waals surface area contributed by atoms with Crippen molar-refractivity contribution in [2.75, 3.05) is 38.0 Å². The molecule has 10 heteroatoms. The number of nitrogens with two attached hydrogens (primary N) is 1. The number of fused-ring (bicyclic) bond motifs is 1. The first-order valence-corrected chi connectivity index (χ1v) is 12.2. The third kappa shape index (κ3) is 5.37. The van der Waals surface area contributed by atoms with Crippen LogP contribution in [0, 0.1) is 5.82 Å². The molecule has 1 aromatic carbocycles. The van der Waals surface area contributed by atoms with Crippen molar-refractivity contribution in [3.05, 3.63) is 50.6 Å². The first-order chi connectivity index (χ1) is 15.8. The molecule has 1 aromatic heterocycles. The summed E-state index contributed by atoms with van der Waals surface area (Å²) >= 11 is 7.48. The van der Waals surface area contributed by atoms with E-state index in [1.165, 1.54) is 23.5 Å². The number of nitrogens with zero attached hydrogens (tertiary/aromatic N) is 2. The van der Waals surface area contributed by atoms with Crippen molar-refractivity contribution in [3.8, 4) is 0 Å². The highest BCUT2D eigenvalue weighted by Crippen LogP contribution is 2.37. The predicted molar refractivity (Wildman–Crippen MR) is 126 cm³/mol. The molecule has 7 nitrogen and oxygen atoms in total. The Hall–Kier alpha value is -2.49. The topological polar surface area (TPSA) is 95.7 Å². The second-order valence-corrected chi connectivity index (χ2v) is 9.85. The molecule has 1 aliphatic heterocycles. The number of nitrogens with one attached hydrogen (secondary N) is 1. The van der Waals surface area contributed by atoms with E-state index in [0.29, 0.717) is 43.3 Å². The van der Waals surface area contributed by atoms with Gasteiger partial charge in [0.25, 0.3) is 11.8 Å². The molecule has 0 atom stereocenters. The number of amides is 3. The van der Waals surface area contributed by atoms with Gasteiger partial charge in [-0.15, -0.1) is 11.3 Å². The molecule has 2 aliphatic rings. The number of hydrogen-bond donors (Lipinski definition) is 2. The predicted octanol–water partition coefficient (Wildman–Crippen LogP) is 3.30. The number of carbonyl (C=O) groups excluding carboxylic acids is 3. The van der Waals surface area contributed by atoms with E-state index in [0.717, 1.165) is 42.2 Å². The van der Waals surface area contributed by atoms with Crippen LogP contribution in [0.1, 0.15) is 50.4 Å². The fraction of sp³-hybridized carbons (Fsp3) is 0.435. The van der Waals surface area contributed by atoms with E-state index in [1.54, 1.807) is 4.90 Å². The van der Waals surface area contributed by atoms with Crippen LogP contribution in [0.2, 0.25) is 5.02 Å². The molecule has 1 aliphatic carbocycles. The number of rotatable bonds is 6. The molecule has 1 saturated heterocycles. The third-order valence-corrected chi connectivity index (χ3v) is 7.67. The molecule has 4 rings (SSSR count). The Labute approximate surface area is 200 Å². The average molecular weight is 493 g/mol. The highest BCUT2D eigenvalue weighted by Gasteiger charge is 2.26. The molecule has 3 amide bonds. The Balaban J connectivity index is 1.28. The molecule has 33 heavy (non-hydrogen) atoms. The summed E-state index contributed by atoms with van der Waals surface area (Å²) in [5.74, 6) is -1.36. The molecule has 2 heterocycles. The number of benzene rings is 1. The number of piperazine rings is 1. The molecule has 2 aromatic rings. The Morgan fingerprint density at radius 1 is 1.12 bits per heavy atom. The van der Waals surface area contributed by atoms with Gasteiger partial charge in [0, 0.05) is 44.0 Å². The second kappa shape index (κ2) is 10.2. The van der Waals surface area contributed by atoms with Crippen molar-refractivity contribution in [3.63, 3.8) is 0 Å². The van der Waals surface area contributed by atoms with E-state index in [4.69, 9.17) is 17.3 Å². The summed E-state index contributed by atoms with van der Waals surface area (Å²) in [5.41, 5.74) is 7.35. The van der Waals surface area contributed by atoms with Crippen LogP contribution in [0.25, 0.3) is 0 Å². The van der Waals surface area contributed by atoms with E-state index < -0.39 is 11.7 Å². The summed E-state index contributed by atoms with van der Waals surface area (Å²) in [6.45, 7) is 2.78. The van der Waals surface area contributed by atoms with Crippen LogP contribution in [0.15, 0.2) is 18.2 Å². The van der Waals surface area contributed by atoms with Gasteiger partial charge < -0.3 is 16.0 Å². The number of aryl methyl sites for hydroxylation is 1. The maximum Gasteiger partial charge on any atom is 0.255 e. The number of primary amides is 1. The molecule has 1 fully saturated rings. The van der Waals surface area contributed by atoms with E-state index in [-0.39, 0.29) is 28.8 Å². The second-order valence-electron chi connectivity index (χ2n) is 8.34. The van der Waals surface area contributed by atoms with E-state index in [1.807, 2.05) is 0 Å². The quantitative estimate of drug-likeness (QED) is 0.646. The maximum atomic E-state index is 13.2. The minimum atomic E-state index is -0.494. The number of anilines is 1. The summed E-state index contributed by atoms with van der Waals surface area (Å²) in [6, 6.07) is 3.76. The Bertz CT molecular complexity index is 1080. The highest BCUT2D eigenvalue weighted by molar-refractivity contribution is 7.17. The summed E-state index contributed by atoms with van der Waals surface area (Å²) in [5, 5.41) is 3.55. The van der Waals surface area contributed by atoms with Crippen molar-refractivity contribution in [2.45, 2.75) is 32.1 Å². The van der Waals surface area contributed by atoms with Gasteiger partial charge in [-0.2, -0.15) is 0 Å². The van der Waals surface area contributed by atoms with Crippen LogP contribution in [0.5, 0.6) is 0 Å². The van der Waals surface area contributed by atoms with Crippen LogP contribution in [-0.2, 0) is 17.6 Å². The zero-order valence-electron chi connectivity index (χ0n) is 18.2. The molecule has 0 spiro atoms. The molecule has 176 valence electrons. The van der Waals surface area contributed by atoms with Gasteiger partial charge in [-0.25, -0.2) is 4.39 Å². The Morgan fingerprint density at radius 3 is 2.55 bits per heavy atom. The molecule has 0 radical (unpaired) electrons. The van der Waals surface area contributed by atoms with Crippen molar-refractivity contribution < 1.29 is 18.8 Å². The lowest BCUT2D eigenvalue weighted by Crippen LogP contribution is -2.49. The molecular formula is C23H26ClFN4O3S. The lowest BCUT2D eigenvalue weighted by atomic mass is 9.95. The zero-order chi connectivity index (χ0) is 23.5. The van der Waals surface area contributed by atoms with Crippen molar-refractivity contribution in [1.82, 2.24) is 9.80 Å². The largest absolute Gasteiger partial charge is 0.365 e. The van der Waals surface area contributed by atoms with Gasteiger partial charge in [0.05, 0.1) is 16.1 Å². The third-order valence-electron chi connectivity index (χ3n) is 6.15. The highest BCUT2D eigenvalue weighted by atomic mass is 35.5. The van der Waals surface area contributed by atoms with E-state index in [2.05, 4.69) is 10.2 Å². The number of halogens is 2. The van der Waals surface area contributed by atoms with Crippen molar-refractivity contribution in [1.29, 1.82) is 0 Å². The lowest BCUT2D eigenvalue weighted by Gasteiger charge is -2.34. The van der Waals surface area contributed by atoms with Gasteiger partial charge in [0.15, 0.2) is 0 Å². The van der Waals surface area contributed by atoms with Gasteiger partial charge in [0.2, 0.25) is 5.91 Å². The normalized spacial score (nSPS) is 16.4. The first-order valence-electron chi connectivity index (χ1n) is 11.0. The van der Waals surface area contributed by atoms with Crippen molar-refractivity contribution in [2.24, 2.45) is 5.73 Å². The van der Waals surface area contributed by atoms with Gasteiger partial charge in [0.1, 0.15) is 10.8 Å².